The Bertz CT molecular complexity index is 1040. The van der Waals surface area contributed by atoms with Crippen LogP contribution in [0.1, 0.15) is 37.8 Å². The first kappa shape index (κ1) is 21.2. The standard InChI is InChI=1S/C23H28N2O7/c1-11(24-20(28)12(2)26)21(29)31-15-6-7-23(30)16-10-13-4-5-14(27)18-17(13)22(23,19(15)32-18)8-9-25(16)3/h4-6,11-12,16,19,26-27,30H,7-10H2,1-3H3,(H,24,28)/t11-,12-,16+,19-,22-,23+/m0/s1. The number of carbonyl (C=O) groups excluding carboxylic acids is 2. The number of ether oxygens (including phenoxy) is 2. The molecule has 1 amide bonds. The van der Waals surface area contributed by atoms with Gasteiger partial charge in [0.2, 0.25) is 5.91 Å². The quantitative estimate of drug-likeness (QED) is 0.482. The van der Waals surface area contributed by atoms with Gasteiger partial charge in [-0.05, 0) is 58.0 Å². The Labute approximate surface area is 185 Å². The van der Waals surface area contributed by atoms with Crippen molar-refractivity contribution in [2.24, 2.45) is 0 Å². The molecule has 9 nitrogen and oxygen atoms in total. The fourth-order valence-corrected chi connectivity index (χ4v) is 6.03. The zero-order valence-electron chi connectivity index (χ0n) is 18.3. The molecule has 2 aliphatic heterocycles. The van der Waals surface area contributed by atoms with E-state index in [1.165, 1.54) is 13.8 Å². The van der Waals surface area contributed by atoms with Crippen LogP contribution in [0.15, 0.2) is 24.0 Å². The maximum Gasteiger partial charge on any atom is 0.333 e. The van der Waals surface area contributed by atoms with Crippen LogP contribution in [0.5, 0.6) is 11.5 Å². The van der Waals surface area contributed by atoms with Gasteiger partial charge in [-0.1, -0.05) is 6.07 Å². The van der Waals surface area contributed by atoms with Crippen molar-refractivity contribution in [1.29, 1.82) is 0 Å². The Hall–Kier alpha value is -2.62. The van der Waals surface area contributed by atoms with Gasteiger partial charge in [0.25, 0.3) is 0 Å². The molecule has 0 unspecified atom stereocenters. The van der Waals surface area contributed by atoms with E-state index < -0.39 is 41.1 Å². The van der Waals surface area contributed by atoms with Crippen LogP contribution in [-0.2, 0) is 26.2 Å². The molecule has 1 aromatic rings. The first-order chi connectivity index (χ1) is 15.1. The lowest BCUT2D eigenvalue weighted by Crippen LogP contribution is -2.74. The first-order valence-corrected chi connectivity index (χ1v) is 10.9. The highest BCUT2D eigenvalue weighted by molar-refractivity contribution is 5.86. The minimum atomic E-state index is -1.25. The molecule has 32 heavy (non-hydrogen) atoms. The van der Waals surface area contributed by atoms with Gasteiger partial charge in [-0.2, -0.15) is 0 Å². The highest BCUT2D eigenvalue weighted by Crippen LogP contribution is 2.65. The molecule has 1 fully saturated rings. The van der Waals surface area contributed by atoms with Gasteiger partial charge in [-0.25, -0.2) is 4.79 Å². The SMILES string of the molecule is C[C@H](O)C(=O)N[C@@H](C)C(=O)OC1=CC[C@@]2(O)[C@H]3Cc4ccc(O)c5c4[C@@]2(CCN3C)[C@H]1O5. The average molecular weight is 444 g/mol. The lowest BCUT2D eigenvalue weighted by molar-refractivity contribution is -0.170. The van der Waals surface area contributed by atoms with Crippen molar-refractivity contribution >= 4 is 11.9 Å². The number of amides is 1. The smallest absolute Gasteiger partial charge is 0.333 e. The number of likely N-dealkylation sites (tertiary alicyclic amines) is 1. The van der Waals surface area contributed by atoms with E-state index in [1.807, 2.05) is 13.1 Å². The number of carbonyl (C=O) groups is 2. The molecule has 2 heterocycles. The highest BCUT2D eigenvalue weighted by Gasteiger charge is 2.72. The summed E-state index contributed by atoms with van der Waals surface area (Å²) in [6.07, 6.45) is 1.15. The Morgan fingerprint density at radius 2 is 2.09 bits per heavy atom. The molecule has 172 valence electrons. The lowest BCUT2D eigenvalue weighted by Gasteiger charge is -2.61. The van der Waals surface area contributed by atoms with Gasteiger partial charge in [0.1, 0.15) is 17.9 Å². The number of phenolic OH excluding ortho intramolecular Hbond substituents is 1. The molecule has 9 heteroatoms. The maximum atomic E-state index is 12.7. The zero-order chi connectivity index (χ0) is 23.0. The number of nitrogens with zero attached hydrogens (tertiary/aromatic N) is 1. The minimum absolute atomic E-state index is 0.00417. The fraction of sp³-hybridized carbons (Fsp3) is 0.565. The summed E-state index contributed by atoms with van der Waals surface area (Å²) in [5.74, 6) is -0.769. The Morgan fingerprint density at radius 1 is 1.34 bits per heavy atom. The molecule has 4 N–H and O–H groups in total. The van der Waals surface area contributed by atoms with E-state index in [0.717, 1.165) is 17.7 Å². The summed E-state index contributed by atoms with van der Waals surface area (Å²) >= 11 is 0. The number of aromatic hydroxyl groups is 1. The molecule has 0 radical (unpaired) electrons. The molecular weight excluding hydrogens is 416 g/mol. The Morgan fingerprint density at radius 3 is 2.81 bits per heavy atom. The van der Waals surface area contributed by atoms with Crippen molar-refractivity contribution in [3.8, 4) is 11.5 Å². The number of phenols is 1. The van der Waals surface area contributed by atoms with Crippen molar-refractivity contribution in [3.05, 3.63) is 35.1 Å². The molecular formula is C23H28N2O7. The maximum absolute atomic E-state index is 12.7. The fourth-order valence-electron chi connectivity index (χ4n) is 6.03. The van der Waals surface area contributed by atoms with Crippen molar-refractivity contribution in [1.82, 2.24) is 10.2 Å². The van der Waals surface area contributed by atoms with E-state index in [9.17, 15) is 24.9 Å². The van der Waals surface area contributed by atoms with Crippen molar-refractivity contribution in [2.45, 2.75) is 68.4 Å². The lowest BCUT2D eigenvalue weighted by atomic mass is 9.50. The summed E-state index contributed by atoms with van der Waals surface area (Å²) in [5, 5.41) is 34.4. The van der Waals surface area contributed by atoms with Gasteiger partial charge >= 0.3 is 5.97 Å². The van der Waals surface area contributed by atoms with Crippen LogP contribution in [0.4, 0.5) is 0 Å². The zero-order valence-corrected chi connectivity index (χ0v) is 18.3. The van der Waals surface area contributed by atoms with Gasteiger partial charge < -0.3 is 35.0 Å². The van der Waals surface area contributed by atoms with Crippen LogP contribution in [-0.4, -0.2) is 75.6 Å². The van der Waals surface area contributed by atoms with Crippen molar-refractivity contribution in [3.63, 3.8) is 0 Å². The summed E-state index contributed by atoms with van der Waals surface area (Å²) in [7, 11) is 2.00. The second-order valence-electron chi connectivity index (χ2n) is 9.43. The number of aliphatic hydroxyl groups is 2. The second kappa shape index (κ2) is 6.94. The van der Waals surface area contributed by atoms with E-state index in [-0.39, 0.29) is 24.0 Å². The van der Waals surface area contributed by atoms with Gasteiger partial charge in [0.15, 0.2) is 17.6 Å². The first-order valence-electron chi connectivity index (χ1n) is 10.9. The van der Waals surface area contributed by atoms with E-state index >= 15 is 0 Å². The summed E-state index contributed by atoms with van der Waals surface area (Å²) < 4.78 is 11.9. The number of hydrogen-bond donors (Lipinski definition) is 4. The predicted molar refractivity (Wildman–Crippen MR) is 112 cm³/mol. The van der Waals surface area contributed by atoms with Crippen molar-refractivity contribution < 1.29 is 34.4 Å². The number of benzene rings is 1. The largest absolute Gasteiger partial charge is 0.504 e. The Kier molecular flexibility index (Phi) is 4.60. The number of aliphatic hydroxyl groups excluding tert-OH is 1. The molecule has 4 aliphatic rings. The molecule has 2 bridgehead atoms. The number of likely N-dealkylation sites (N-methyl/N-ethyl adjacent to an activating group) is 1. The molecule has 1 aromatic carbocycles. The number of rotatable bonds is 4. The average Bonchev–Trinajstić information content (AvgIpc) is 3.10. The molecule has 6 atom stereocenters. The third kappa shape index (κ3) is 2.61. The van der Waals surface area contributed by atoms with Gasteiger partial charge in [0, 0.05) is 18.0 Å². The molecule has 0 aromatic heterocycles. The molecule has 0 saturated carbocycles. The molecule has 1 saturated heterocycles. The normalized spacial score (nSPS) is 34.0. The third-order valence-electron chi connectivity index (χ3n) is 7.66. The second-order valence-corrected chi connectivity index (χ2v) is 9.43. The number of hydrogen-bond acceptors (Lipinski definition) is 8. The summed E-state index contributed by atoms with van der Waals surface area (Å²) in [5.41, 5.74) is -0.153. The van der Waals surface area contributed by atoms with E-state index in [2.05, 4.69) is 10.2 Å². The molecule has 1 spiro atoms. The van der Waals surface area contributed by atoms with Gasteiger partial charge in [0.05, 0.1) is 11.0 Å². The number of nitrogens with one attached hydrogen (secondary N) is 1. The highest BCUT2D eigenvalue weighted by atomic mass is 16.6. The number of esters is 1. The van der Waals surface area contributed by atoms with E-state index in [1.54, 1.807) is 12.1 Å². The van der Waals surface area contributed by atoms with Crippen LogP contribution in [0.3, 0.4) is 0 Å². The molecule has 5 rings (SSSR count). The number of piperidine rings is 1. The summed E-state index contributed by atoms with van der Waals surface area (Å²) in [6, 6.07) is 2.36. The third-order valence-corrected chi connectivity index (χ3v) is 7.66. The molecule has 2 aliphatic carbocycles. The monoisotopic (exact) mass is 444 g/mol. The topological polar surface area (TPSA) is 129 Å². The van der Waals surface area contributed by atoms with Crippen LogP contribution in [0.2, 0.25) is 0 Å². The Balaban J connectivity index is 1.53. The van der Waals surface area contributed by atoms with E-state index in [4.69, 9.17) is 9.47 Å². The van der Waals surface area contributed by atoms with Gasteiger partial charge in [-0.3, -0.25) is 4.79 Å². The van der Waals surface area contributed by atoms with Gasteiger partial charge in [-0.15, -0.1) is 0 Å². The van der Waals surface area contributed by atoms with Crippen LogP contribution in [0, 0.1) is 0 Å². The van der Waals surface area contributed by atoms with Crippen molar-refractivity contribution in [2.75, 3.05) is 13.6 Å². The van der Waals surface area contributed by atoms with E-state index in [0.29, 0.717) is 18.6 Å². The minimum Gasteiger partial charge on any atom is -0.504 e. The predicted octanol–water partition coefficient (Wildman–Crippen LogP) is 0.0986. The van der Waals surface area contributed by atoms with Crippen LogP contribution in [0.25, 0.3) is 0 Å². The van der Waals surface area contributed by atoms with Crippen LogP contribution >= 0.6 is 0 Å². The van der Waals surface area contributed by atoms with Crippen LogP contribution < -0.4 is 10.1 Å². The summed E-state index contributed by atoms with van der Waals surface area (Å²) in [4.78, 5) is 26.6. The summed E-state index contributed by atoms with van der Waals surface area (Å²) in [6.45, 7) is 3.51.